The lowest BCUT2D eigenvalue weighted by Gasteiger charge is -2.21. The van der Waals surface area contributed by atoms with Crippen molar-refractivity contribution >= 4 is 34.0 Å². The molecule has 0 aliphatic carbocycles. The van der Waals surface area contributed by atoms with Crippen LogP contribution in [0.5, 0.6) is 0 Å². The van der Waals surface area contributed by atoms with Crippen LogP contribution in [0.25, 0.3) is 0 Å². The lowest BCUT2D eigenvalue weighted by Crippen LogP contribution is -2.37. The van der Waals surface area contributed by atoms with Crippen molar-refractivity contribution in [2.75, 3.05) is 11.9 Å². The van der Waals surface area contributed by atoms with E-state index in [0.717, 1.165) is 29.9 Å². The smallest absolute Gasteiger partial charge is 0.416 e. The van der Waals surface area contributed by atoms with E-state index in [4.69, 9.17) is 4.42 Å². The number of benzene rings is 1. The Hall–Kier alpha value is -3.34. The third kappa shape index (κ3) is 7.08. The molecule has 2 amide bonds. The monoisotopic (exact) mass is 494 g/mol. The summed E-state index contributed by atoms with van der Waals surface area (Å²) in [6, 6.07) is 8.19. The molecule has 2 N–H and O–H groups in total. The Morgan fingerprint density at radius 2 is 2.03 bits per heavy atom. The normalized spacial score (nSPS) is 12.3. The van der Waals surface area contributed by atoms with E-state index in [1.165, 1.54) is 28.7 Å². The Bertz CT molecular complexity index is 1100. The van der Waals surface area contributed by atoms with Crippen LogP contribution in [0, 0.1) is 0 Å². The van der Waals surface area contributed by atoms with Gasteiger partial charge in [0.1, 0.15) is 11.5 Å². The summed E-state index contributed by atoms with van der Waals surface area (Å²) < 4.78 is 44.2. The van der Waals surface area contributed by atoms with E-state index in [2.05, 4.69) is 15.6 Å². The lowest BCUT2D eigenvalue weighted by molar-refractivity contribution is -0.137. The maximum Gasteiger partial charge on any atom is 0.416 e. The number of carbonyl (C=O) groups is 2. The van der Waals surface area contributed by atoms with Gasteiger partial charge in [0.05, 0.1) is 18.4 Å². The van der Waals surface area contributed by atoms with E-state index in [-0.39, 0.29) is 48.0 Å². The number of carbonyl (C=O) groups excluding carboxylic acids is 2. The zero-order valence-electron chi connectivity index (χ0n) is 18.7. The predicted octanol–water partition coefficient (Wildman–Crippen LogP) is 5.45. The van der Waals surface area contributed by atoms with Crippen LogP contribution in [0.15, 0.2) is 52.5 Å². The van der Waals surface area contributed by atoms with Gasteiger partial charge in [0.2, 0.25) is 5.91 Å². The van der Waals surface area contributed by atoms with E-state index < -0.39 is 17.6 Å². The number of thiazole rings is 1. The van der Waals surface area contributed by atoms with Gasteiger partial charge >= 0.3 is 6.18 Å². The fourth-order valence-electron chi connectivity index (χ4n) is 3.02. The maximum absolute atomic E-state index is 13.1. The van der Waals surface area contributed by atoms with Gasteiger partial charge in [-0.1, -0.05) is 13.0 Å². The summed E-state index contributed by atoms with van der Waals surface area (Å²) in [6.45, 7) is 4.16. The minimum atomic E-state index is -4.46. The second kappa shape index (κ2) is 11.2. The fourth-order valence-corrected chi connectivity index (χ4v) is 3.72. The highest BCUT2D eigenvalue weighted by Gasteiger charge is 2.30. The fraction of sp³-hybridized carbons (Fsp3) is 0.348. The SMILES string of the molecule is CC[C@H](C)NC(=O)CCN(Cc1ccco1)C(=O)c1csc(Nc2cccc(C(F)(F)F)c2)n1. The number of hydrogen-bond acceptors (Lipinski definition) is 6. The van der Waals surface area contributed by atoms with Crippen molar-refractivity contribution in [2.24, 2.45) is 0 Å². The van der Waals surface area contributed by atoms with Crippen LogP contribution in [0.3, 0.4) is 0 Å². The minimum Gasteiger partial charge on any atom is -0.467 e. The summed E-state index contributed by atoms with van der Waals surface area (Å²) >= 11 is 1.09. The molecule has 34 heavy (non-hydrogen) atoms. The third-order valence-corrected chi connectivity index (χ3v) is 5.76. The molecular formula is C23H25F3N4O3S. The molecule has 0 saturated heterocycles. The highest BCUT2D eigenvalue weighted by atomic mass is 32.1. The van der Waals surface area contributed by atoms with Crippen molar-refractivity contribution < 1.29 is 27.2 Å². The molecule has 0 aliphatic heterocycles. The number of aromatic nitrogens is 1. The summed E-state index contributed by atoms with van der Waals surface area (Å²) in [6.07, 6.45) is -2.07. The summed E-state index contributed by atoms with van der Waals surface area (Å²) in [5, 5.41) is 7.47. The first-order chi connectivity index (χ1) is 16.2. The molecule has 182 valence electrons. The van der Waals surface area contributed by atoms with Gasteiger partial charge in [0.15, 0.2) is 5.13 Å². The Balaban J connectivity index is 1.70. The van der Waals surface area contributed by atoms with Crippen LogP contribution < -0.4 is 10.6 Å². The Labute approximate surface area is 199 Å². The van der Waals surface area contributed by atoms with Crippen LogP contribution in [0.2, 0.25) is 0 Å². The van der Waals surface area contributed by atoms with Gasteiger partial charge in [-0.15, -0.1) is 11.3 Å². The summed E-state index contributed by atoms with van der Waals surface area (Å²) in [7, 11) is 0. The van der Waals surface area contributed by atoms with Crippen molar-refractivity contribution in [3.8, 4) is 0 Å². The first-order valence-corrected chi connectivity index (χ1v) is 11.5. The first-order valence-electron chi connectivity index (χ1n) is 10.7. The first kappa shape index (κ1) is 25.3. The van der Waals surface area contributed by atoms with Crippen molar-refractivity contribution in [1.82, 2.24) is 15.2 Å². The number of anilines is 2. The topological polar surface area (TPSA) is 87.5 Å². The number of halogens is 3. The van der Waals surface area contributed by atoms with Gasteiger partial charge in [-0.2, -0.15) is 13.2 Å². The summed E-state index contributed by atoms with van der Waals surface area (Å²) in [4.78, 5) is 31.0. The Kier molecular flexibility index (Phi) is 8.32. The van der Waals surface area contributed by atoms with Crippen LogP contribution in [-0.4, -0.2) is 34.3 Å². The van der Waals surface area contributed by atoms with Crippen LogP contribution in [0.1, 0.15) is 48.5 Å². The number of rotatable bonds is 10. The number of nitrogens with one attached hydrogen (secondary N) is 2. The van der Waals surface area contributed by atoms with Gasteiger partial charge in [0.25, 0.3) is 5.91 Å². The molecule has 0 bridgehead atoms. The predicted molar refractivity (Wildman–Crippen MR) is 123 cm³/mol. The van der Waals surface area contributed by atoms with Gasteiger partial charge in [-0.3, -0.25) is 9.59 Å². The van der Waals surface area contributed by atoms with Gasteiger partial charge in [-0.25, -0.2) is 4.98 Å². The van der Waals surface area contributed by atoms with Crippen molar-refractivity contribution in [3.63, 3.8) is 0 Å². The van der Waals surface area contributed by atoms with Crippen LogP contribution in [-0.2, 0) is 17.5 Å². The maximum atomic E-state index is 13.1. The number of amides is 2. The molecule has 2 heterocycles. The van der Waals surface area contributed by atoms with Crippen LogP contribution >= 0.6 is 11.3 Å². The molecule has 0 fully saturated rings. The molecule has 0 spiro atoms. The zero-order valence-corrected chi connectivity index (χ0v) is 19.5. The van der Waals surface area contributed by atoms with E-state index in [9.17, 15) is 22.8 Å². The van der Waals surface area contributed by atoms with Crippen molar-refractivity contribution in [2.45, 2.75) is 45.5 Å². The van der Waals surface area contributed by atoms with E-state index in [0.29, 0.717) is 5.76 Å². The molecule has 3 rings (SSSR count). The average Bonchev–Trinajstić information content (AvgIpc) is 3.48. The molecule has 1 atom stereocenters. The molecule has 11 heteroatoms. The molecule has 0 unspecified atom stereocenters. The molecular weight excluding hydrogens is 469 g/mol. The number of alkyl halides is 3. The van der Waals surface area contributed by atoms with E-state index in [1.54, 1.807) is 12.1 Å². The molecule has 3 aromatic rings. The average molecular weight is 495 g/mol. The van der Waals surface area contributed by atoms with Crippen LogP contribution in [0.4, 0.5) is 24.0 Å². The zero-order chi connectivity index (χ0) is 24.7. The van der Waals surface area contributed by atoms with Gasteiger partial charge < -0.3 is 20.0 Å². The third-order valence-electron chi connectivity index (χ3n) is 5.01. The van der Waals surface area contributed by atoms with Gasteiger partial charge in [-0.05, 0) is 43.7 Å². The standard InChI is InChI=1S/C23H25F3N4O3S/c1-3-15(2)27-20(31)9-10-30(13-18-8-5-11-33-18)21(32)19-14-34-22(29-19)28-17-7-4-6-16(12-17)23(24,25)26/h4-8,11-12,14-15H,3,9-10,13H2,1-2H3,(H,27,31)(H,28,29)/t15-/m0/s1. The lowest BCUT2D eigenvalue weighted by atomic mass is 10.2. The van der Waals surface area contributed by atoms with E-state index >= 15 is 0 Å². The minimum absolute atomic E-state index is 0.0322. The quantitative estimate of drug-likeness (QED) is 0.392. The second-order valence-electron chi connectivity index (χ2n) is 7.67. The van der Waals surface area contributed by atoms with E-state index in [1.807, 2.05) is 13.8 Å². The molecule has 0 aliphatic rings. The molecule has 0 radical (unpaired) electrons. The summed E-state index contributed by atoms with van der Waals surface area (Å²) in [5.74, 6) is -0.0360. The molecule has 2 aromatic heterocycles. The Morgan fingerprint density at radius 1 is 1.24 bits per heavy atom. The number of hydrogen-bond donors (Lipinski definition) is 2. The molecule has 1 aromatic carbocycles. The highest BCUT2D eigenvalue weighted by molar-refractivity contribution is 7.14. The number of furan rings is 1. The molecule has 0 saturated carbocycles. The number of nitrogens with zero attached hydrogens (tertiary/aromatic N) is 2. The van der Waals surface area contributed by atoms with Gasteiger partial charge in [0, 0.05) is 30.1 Å². The highest BCUT2D eigenvalue weighted by Crippen LogP contribution is 2.32. The Morgan fingerprint density at radius 3 is 2.71 bits per heavy atom. The molecule has 7 nitrogen and oxygen atoms in total. The summed E-state index contributed by atoms with van der Waals surface area (Å²) in [5.41, 5.74) is -0.462. The largest absolute Gasteiger partial charge is 0.467 e. The second-order valence-corrected chi connectivity index (χ2v) is 8.53. The van der Waals surface area contributed by atoms with Crippen molar-refractivity contribution in [3.05, 3.63) is 65.1 Å². The van der Waals surface area contributed by atoms with Crippen molar-refractivity contribution in [1.29, 1.82) is 0 Å².